The highest BCUT2D eigenvalue weighted by Gasteiger charge is 2.37. The van der Waals surface area contributed by atoms with Crippen LogP contribution in [0.15, 0.2) is 78.9 Å². The summed E-state index contributed by atoms with van der Waals surface area (Å²) in [6.07, 6.45) is -1.47. The summed E-state index contributed by atoms with van der Waals surface area (Å²) in [6, 6.07) is 19.8. The summed E-state index contributed by atoms with van der Waals surface area (Å²) in [5.41, 5.74) is 4.01. The molecule has 40 heavy (non-hydrogen) atoms. The highest BCUT2D eigenvalue weighted by molar-refractivity contribution is 6.03. The number of carbonyl (C=O) groups excluding carboxylic acids is 1. The lowest BCUT2D eigenvalue weighted by Crippen LogP contribution is -2.28. The van der Waals surface area contributed by atoms with Crippen LogP contribution in [-0.2, 0) is 18.3 Å². The molecule has 0 saturated heterocycles. The van der Waals surface area contributed by atoms with Gasteiger partial charge in [-0.3, -0.25) is 4.79 Å². The predicted molar refractivity (Wildman–Crippen MR) is 142 cm³/mol. The fourth-order valence-electron chi connectivity index (χ4n) is 4.75. The lowest BCUT2D eigenvalue weighted by molar-refractivity contribution is -0.141. The molecular formula is C30H28F4N4O2. The molecule has 4 aromatic rings. The second-order valence-corrected chi connectivity index (χ2v) is 10.1. The van der Waals surface area contributed by atoms with E-state index in [2.05, 4.69) is 10.4 Å². The third-order valence-electron chi connectivity index (χ3n) is 7.18. The fraction of sp³-hybridized carbons (Fsp3) is 0.267. The van der Waals surface area contributed by atoms with Gasteiger partial charge in [0.2, 0.25) is 0 Å². The van der Waals surface area contributed by atoms with Crippen molar-refractivity contribution < 1.29 is 27.5 Å². The van der Waals surface area contributed by atoms with Gasteiger partial charge >= 0.3 is 6.18 Å². The molecule has 1 aliphatic rings. The van der Waals surface area contributed by atoms with Gasteiger partial charge in [0.25, 0.3) is 5.91 Å². The summed E-state index contributed by atoms with van der Waals surface area (Å²) in [5, 5.41) is 17.9. The summed E-state index contributed by atoms with van der Waals surface area (Å²) >= 11 is 0. The summed E-state index contributed by atoms with van der Waals surface area (Å²) in [6.45, 7) is 0.131. The maximum atomic E-state index is 15.0. The number of hydrogen-bond donors (Lipinski definition) is 3. The molecule has 1 unspecified atom stereocenters. The predicted octanol–water partition coefficient (Wildman–Crippen LogP) is 6.17. The first-order valence-corrected chi connectivity index (χ1v) is 12.9. The van der Waals surface area contributed by atoms with Crippen LogP contribution in [0.1, 0.15) is 58.6 Å². The van der Waals surface area contributed by atoms with Crippen molar-refractivity contribution in [2.75, 3.05) is 5.32 Å². The largest absolute Gasteiger partial charge is 0.435 e. The minimum absolute atomic E-state index is 0.131. The molecule has 0 radical (unpaired) electrons. The van der Waals surface area contributed by atoms with E-state index in [0.717, 1.165) is 30.0 Å². The molecule has 1 atom stereocenters. The summed E-state index contributed by atoms with van der Waals surface area (Å²) in [5.74, 6) is -1.28. The maximum absolute atomic E-state index is 15.0. The van der Waals surface area contributed by atoms with Crippen LogP contribution >= 0.6 is 0 Å². The maximum Gasteiger partial charge on any atom is 0.435 e. The summed E-state index contributed by atoms with van der Waals surface area (Å²) in [7, 11) is 0. The second-order valence-electron chi connectivity index (χ2n) is 10.1. The zero-order valence-electron chi connectivity index (χ0n) is 21.5. The lowest BCUT2D eigenvalue weighted by atomic mass is 9.82. The van der Waals surface area contributed by atoms with Crippen LogP contribution in [0.2, 0.25) is 0 Å². The monoisotopic (exact) mass is 552 g/mol. The van der Waals surface area contributed by atoms with Gasteiger partial charge in [0.15, 0.2) is 5.69 Å². The molecule has 1 saturated carbocycles. The lowest BCUT2D eigenvalue weighted by Gasteiger charge is -2.30. The van der Waals surface area contributed by atoms with Gasteiger partial charge in [0.05, 0.1) is 11.4 Å². The molecule has 3 aromatic carbocycles. The Morgan fingerprint density at radius 3 is 2.42 bits per heavy atom. The van der Waals surface area contributed by atoms with E-state index in [-0.39, 0.29) is 17.9 Å². The van der Waals surface area contributed by atoms with E-state index in [9.17, 15) is 27.5 Å². The number of amides is 1. The first-order chi connectivity index (χ1) is 19.1. The van der Waals surface area contributed by atoms with Gasteiger partial charge in [0, 0.05) is 12.6 Å². The van der Waals surface area contributed by atoms with E-state index in [1.54, 1.807) is 36.4 Å². The quantitative estimate of drug-likeness (QED) is 0.217. The van der Waals surface area contributed by atoms with E-state index in [1.807, 2.05) is 6.07 Å². The normalized spacial score (nSPS) is 15.1. The average molecular weight is 553 g/mol. The SMILES string of the molecule is NCc1cccc(-n2nc(C(F)(F)F)cc2C(=O)Nc2cc(C(O)(CCC3CC3)c3ccccc3)ccc2F)c1. The Balaban J connectivity index is 1.51. The molecule has 1 aliphatic carbocycles. The number of hydrogen-bond acceptors (Lipinski definition) is 4. The van der Waals surface area contributed by atoms with Crippen molar-refractivity contribution in [1.29, 1.82) is 0 Å². The number of benzene rings is 3. The smallest absolute Gasteiger partial charge is 0.380 e. The number of nitrogens with zero attached hydrogens (tertiary/aromatic N) is 2. The van der Waals surface area contributed by atoms with Gasteiger partial charge < -0.3 is 16.2 Å². The van der Waals surface area contributed by atoms with Crippen molar-refractivity contribution in [3.63, 3.8) is 0 Å². The fourth-order valence-corrected chi connectivity index (χ4v) is 4.75. The Morgan fingerprint density at radius 1 is 1.00 bits per heavy atom. The standard InChI is InChI=1S/C30H28F4N4O2/c31-24-12-11-22(29(40,14-13-19-9-10-19)21-6-2-1-3-7-21)16-25(24)36-28(39)26-17-27(30(32,33)34)37-38(26)23-8-4-5-20(15-23)18-35/h1-8,11-12,15-17,19,40H,9-10,13-14,18,35H2,(H,36,39). The summed E-state index contributed by atoms with van der Waals surface area (Å²) in [4.78, 5) is 13.3. The van der Waals surface area contributed by atoms with E-state index in [4.69, 9.17) is 5.73 Å². The number of aromatic nitrogens is 2. The molecule has 10 heteroatoms. The van der Waals surface area contributed by atoms with Crippen LogP contribution in [0.3, 0.4) is 0 Å². The van der Waals surface area contributed by atoms with Crippen LogP contribution in [0.5, 0.6) is 0 Å². The van der Waals surface area contributed by atoms with E-state index in [1.165, 1.54) is 24.3 Å². The van der Waals surface area contributed by atoms with Gasteiger partial charge in [-0.15, -0.1) is 0 Å². The Hall–Kier alpha value is -4.02. The minimum Gasteiger partial charge on any atom is -0.380 e. The van der Waals surface area contributed by atoms with Crippen molar-refractivity contribution in [2.45, 2.75) is 44.0 Å². The van der Waals surface area contributed by atoms with Crippen molar-refractivity contribution in [3.05, 3.63) is 113 Å². The third kappa shape index (κ3) is 5.78. The highest BCUT2D eigenvalue weighted by atomic mass is 19.4. The Labute approximate surface area is 228 Å². The molecule has 1 amide bonds. The molecule has 1 heterocycles. The van der Waals surface area contributed by atoms with Crippen molar-refractivity contribution >= 4 is 11.6 Å². The molecule has 0 spiro atoms. The first-order valence-electron chi connectivity index (χ1n) is 12.9. The number of halogens is 4. The molecular weight excluding hydrogens is 524 g/mol. The Kier molecular flexibility index (Phi) is 7.48. The van der Waals surface area contributed by atoms with Crippen LogP contribution in [-0.4, -0.2) is 20.8 Å². The van der Waals surface area contributed by atoms with E-state index in [0.29, 0.717) is 35.1 Å². The van der Waals surface area contributed by atoms with Crippen molar-refractivity contribution in [1.82, 2.24) is 9.78 Å². The number of nitrogens with one attached hydrogen (secondary N) is 1. The van der Waals surface area contributed by atoms with Gasteiger partial charge in [-0.1, -0.05) is 61.4 Å². The Bertz CT molecular complexity index is 1520. The number of nitrogens with two attached hydrogens (primary N) is 1. The zero-order chi connectivity index (χ0) is 28.5. The molecule has 0 aliphatic heterocycles. The molecule has 6 nitrogen and oxygen atoms in total. The van der Waals surface area contributed by atoms with Gasteiger partial charge in [0.1, 0.15) is 17.1 Å². The van der Waals surface area contributed by atoms with Crippen LogP contribution in [0.4, 0.5) is 23.2 Å². The number of rotatable bonds is 9. The number of carbonyl (C=O) groups is 1. The van der Waals surface area contributed by atoms with Crippen molar-refractivity contribution in [2.24, 2.45) is 11.7 Å². The minimum atomic E-state index is -4.81. The molecule has 208 valence electrons. The van der Waals surface area contributed by atoms with Crippen LogP contribution < -0.4 is 11.1 Å². The summed E-state index contributed by atoms with van der Waals surface area (Å²) < 4.78 is 56.5. The molecule has 0 bridgehead atoms. The molecule has 5 rings (SSSR count). The van der Waals surface area contributed by atoms with E-state index < -0.39 is 34.9 Å². The molecule has 1 fully saturated rings. The molecule has 4 N–H and O–H groups in total. The average Bonchev–Trinajstić information content (AvgIpc) is 3.67. The van der Waals surface area contributed by atoms with Crippen LogP contribution in [0, 0.1) is 11.7 Å². The zero-order valence-corrected chi connectivity index (χ0v) is 21.5. The number of alkyl halides is 3. The first kappa shape index (κ1) is 27.5. The van der Waals surface area contributed by atoms with Crippen molar-refractivity contribution in [3.8, 4) is 5.69 Å². The topological polar surface area (TPSA) is 93.2 Å². The van der Waals surface area contributed by atoms with Gasteiger partial charge in [-0.2, -0.15) is 18.3 Å². The van der Waals surface area contributed by atoms with Gasteiger partial charge in [-0.05, 0) is 59.7 Å². The molecule has 1 aromatic heterocycles. The van der Waals surface area contributed by atoms with Crippen LogP contribution in [0.25, 0.3) is 5.69 Å². The number of anilines is 1. The number of aliphatic hydroxyl groups is 1. The Morgan fingerprint density at radius 2 is 1.75 bits per heavy atom. The van der Waals surface area contributed by atoms with E-state index >= 15 is 0 Å². The second kappa shape index (κ2) is 10.9. The third-order valence-corrected chi connectivity index (χ3v) is 7.18. The highest BCUT2D eigenvalue weighted by Crippen LogP contribution is 2.42. The van der Waals surface area contributed by atoms with Gasteiger partial charge in [-0.25, -0.2) is 9.07 Å².